The molecule has 0 atom stereocenters. The maximum absolute atomic E-state index is 13.2. The average Bonchev–Trinajstić information content (AvgIpc) is 3.46. The van der Waals surface area contributed by atoms with E-state index >= 15 is 0 Å². The van der Waals surface area contributed by atoms with Crippen molar-refractivity contribution in [3.8, 4) is 28.4 Å². The van der Waals surface area contributed by atoms with E-state index in [0.29, 0.717) is 22.6 Å². The number of Topliss-reactive ketones (excluding diaryl/α,β-unsaturated/α-hetero) is 1. The highest BCUT2D eigenvalue weighted by molar-refractivity contribution is 6.15. The molecule has 7 nitrogen and oxygen atoms in total. The Morgan fingerprint density at radius 2 is 1.84 bits per heavy atom. The van der Waals surface area contributed by atoms with Crippen LogP contribution in [0.15, 0.2) is 78.7 Å². The van der Waals surface area contributed by atoms with Crippen LogP contribution in [0.4, 0.5) is 0 Å². The second kappa shape index (κ2) is 9.78. The maximum atomic E-state index is 13.2. The van der Waals surface area contributed by atoms with Crippen LogP contribution in [0.3, 0.4) is 0 Å². The number of para-hydroxylation sites is 1. The minimum absolute atomic E-state index is 0.0639. The third kappa shape index (κ3) is 4.76. The number of esters is 1. The Balaban J connectivity index is 1.57. The highest BCUT2D eigenvalue weighted by atomic mass is 16.5. The fourth-order valence-electron chi connectivity index (χ4n) is 4.19. The SMILES string of the molecule is COC(=O)c1ccc2c(c1)C(=O)/C(=C/c1cn(-c3ccccc3)nc1-c1ccc(OC(C)C)c(C)c1)O2. The topological polar surface area (TPSA) is 79.7 Å². The number of ether oxygens (including phenoxy) is 3. The fourth-order valence-corrected chi connectivity index (χ4v) is 4.19. The number of methoxy groups -OCH3 is 1. The van der Waals surface area contributed by atoms with Crippen molar-refractivity contribution in [3.05, 3.63) is 101 Å². The van der Waals surface area contributed by atoms with Crippen LogP contribution in [0.2, 0.25) is 0 Å². The Kier molecular flexibility index (Phi) is 6.36. The summed E-state index contributed by atoms with van der Waals surface area (Å²) in [6.07, 6.45) is 3.62. The molecular weight excluding hydrogens is 468 g/mol. The van der Waals surface area contributed by atoms with Gasteiger partial charge in [0.1, 0.15) is 17.2 Å². The van der Waals surface area contributed by atoms with Gasteiger partial charge < -0.3 is 14.2 Å². The van der Waals surface area contributed by atoms with Crippen LogP contribution in [0.25, 0.3) is 23.0 Å². The molecule has 7 heteroatoms. The van der Waals surface area contributed by atoms with E-state index in [4.69, 9.17) is 19.3 Å². The second-order valence-corrected chi connectivity index (χ2v) is 9.00. The molecule has 4 aromatic rings. The number of hydrogen-bond acceptors (Lipinski definition) is 6. The molecule has 0 amide bonds. The van der Waals surface area contributed by atoms with Crippen molar-refractivity contribution in [2.24, 2.45) is 0 Å². The third-order valence-corrected chi connectivity index (χ3v) is 5.95. The van der Waals surface area contributed by atoms with Gasteiger partial charge in [0.15, 0.2) is 5.76 Å². The molecule has 37 heavy (non-hydrogen) atoms. The Labute approximate surface area is 214 Å². The number of aromatic nitrogens is 2. The highest BCUT2D eigenvalue weighted by Crippen LogP contribution is 2.35. The average molecular weight is 495 g/mol. The number of aryl methyl sites for hydroxylation is 1. The summed E-state index contributed by atoms with van der Waals surface area (Å²) in [7, 11) is 1.30. The minimum Gasteiger partial charge on any atom is -0.491 e. The van der Waals surface area contributed by atoms with Gasteiger partial charge in [0.25, 0.3) is 0 Å². The fraction of sp³-hybridized carbons (Fsp3) is 0.167. The number of carbonyl (C=O) groups excluding carboxylic acids is 2. The molecule has 186 valence electrons. The van der Waals surface area contributed by atoms with E-state index in [2.05, 4.69) is 0 Å². The number of carbonyl (C=O) groups is 2. The van der Waals surface area contributed by atoms with E-state index in [0.717, 1.165) is 22.6 Å². The highest BCUT2D eigenvalue weighted by Gasteiger charge is 2.29. The summed E-state index contributed by atoms with van der Waals surface area (Å²) < 4.78 is 18.3. The summed E-state index contributed by atoms with van der Waals surface area (Å²) in [5.41, 5.74) is 4.76. The van der Waals surface area contributed by atoms with Crippen molar-refractivity contribution >= 4 is 17.8 Å². The van der Waals surface area contributed by atoms with Crippen LogP contribution in [0.5, 0.6) is 11.5 Å². The first-order valence-electron chi connectivity index (χ1n) is 11.9. The van der Waals surface area contributed by atoms with E-state index in [1.807, 2.05) is 75.5 Å². The zero-order valence-electron chi connectivity index (χ0n) is 21.0. The lowest BCUT2D eigenvalue weighted by Gasteiger charge is -2.13. The molecule has 0 N–H and O–H groups in total. The van der Waals surface area contributed by atoms with Crippen molar-refractivity contribution in [1.29, 1.82) is 0 Å². The van der Waals surface area contributed by atoms with Gasteiger partial charge in [-0.25, -0.2) is 9.48 Å². The van der Waals surface area contributed by atoms with E-state index in [-0.39, 0.29) is 23.2 Å². The largest absolute Gasteiger partial charge is 0.491 e. The molecule has 1 aromatic heterocycles. The summed E-state index contributed by atoms with van der Waals surface area (Å²) in [4.78, 5) is 25.1. The smallest absolute Gasteiger partial charge is 0.337 e. The minimum atomic E-state index is -0.514. The molecule has 0 fully saturated rings. The number of hydrogen-bond donors (Lipinski definition) is 0. The van der Waals surface area contributed by atoms with Crippen molar-refractivity contribution < 1.29 is 23.8 Å². The number of fused-ring (bicyclic) bond motifs is 1. The van der Waals surface area contributed by atoms with Gasteiger partial charge in [-0.1, -0.05) is 18.2 Å². The molecular formula is C30H26N2O5. The van der Waals surface area contributed by atoms with Gasteiger partial charge in [0.05, 0.1) is 30.0 Å². The van der Waals surface area contributed by atoms with E-state index in [9.17, 15) is 9.59 Å². The summed E-state index contributed by atoms with van der Waals surface area (Å²) in [5.74, 6) is 0.539. The van der Waals surface area contributed by atoms with Gasteiger partial charge in [-0.15, -0.1) is 0 Å². The maximum Gasteiger partial charge on any atom is 0.337 e. The Hall–Kier alpha value is -4.65. The molecule has 5 rings (SSSR count). The normalized spacial score (nSPS) is 13.5. The number of benzene rings is 3. The molecule has 0 saturated carbocycles. The van der Waals surface area contributed by atoms with Crippen molar-refractivity contribution in [2.75, 3.05) is 7.11 Å². The van der Waals surface area contributed by atoms with Crippen molar-refractivity contribution in [3.63, 3.8) is 0 Å². The van der Waals surface area contributed by atoms with Crippen molar-refractivity contribution in [1.82, 2.24) is 9.78 Å². The predicted molar refractivity (Wildman–Crippen MR) is 140 cm³/mol. The Morgan fingerprint density at radius 1 is 1.05 bits per heavy atom. The Bertz CT molecular complexity index is 1530. The van der Waals surface area contributed by atoms with Gasteiger partial charge in [0, 0.05) is 17.3 Å². The van der Waals surface area contributed by atoms with Gasteiger partial charge >= 0.3 is 5.97 Å². The third-order valence-electron chi connectivity index (χ3n) is 5.95. The van der Waals surface area contributed by atoms with Crippen LogP contribution in [0, 0.1) is 6.92 Å². The summed E-state index contributed by atoms with van der Waals surface area (Å²) >= 11 is 0. The number of nitrogens with zero attached hydrogens (tertiary/aromatic N) is 2. The number of ketones is 1. The first-order valence-corrected chi connectivity index (χ1v) is 11.9. The lowest BCUT2D eigenvalue weighted by atomic mass is 10.0. The van der Waals surface area contributed by atoms with Gasteiger partial charge in [0.2, 0.25) is 5.78 Å². The molecule has 2 heterocycles. The van der Waals surface area contributed by atoms with Gasteiger partial charge in [-0.05, 0) is 80.9 Å². The van der Waals surface area contributed by atoms with Crippen LogP contribution >= 0.6 is 0 Å². The second-order valence-electron chi connectivity index (χ2n) is 9.00. The molecule has 1 aliphatic heterocycles. The zero-order valence-corrected chi connectivity index (χ0v) is 21.0. The van der Waals surface area contributed by atoms with E-state index < -0.39 is 5.97 Å². The standard InChI is InChI=1S/C30H26N2O5/c1-18(2)36-25-12-10-20(14-19(25)3)28-22(17-32(31-28)23-8-6-5-7-9-23)16-27-29(33)24-15-21(30(34)35-4)11-13-26(24)37-27/h5-18H,1-4H3/b27-16-. The molecule has 0 radical (unpaired) electrons. The van der Waals surface area contributed by atoms with E-state index in [1.165, 1.54) is 13.2 Å². The molecule has 0 unspecified atom stereocenters. The summed E-state index contributed by atoms with van der Waals surface area (Å²) in [5, 5.41) is 4.85. The zero-order chi connectivity index (χ0) is 26.1. The monoisotopic (exact) mass is 494 g/mol. The van der Waals surface area contributed by atoms with Gasteiger partial charge in [-0.3, -0.25) is 4.79 Å². The molecule has 0 saturated heterocycles. The summed E-state index contributed by atoms with van der Waals surface area (Å²) in [6, 6.07) is 20.3. The molecule has 0 spiro atoms. The van der Waals surface area contributed by atoms with Crippen LogP contribution < -0.4 is 9.47 Å². The first kappa shape index (κ1) is 24.1. The number of allylic oxidation sites excluding steroid dienone is 1. The van der Waals surface area contributed by atoms with Crippen LogP contribution in [-0.2, 0) is 4.74 Å². The lowest BCUT2D eigenvalue weighted by molar-refractivity contribution is 0.0600. The van der Waals surface area contributed by atoms with Crippen molar-refractivity contribution in [2.45, 2.75) is 26.9 Å². The predicted octanol–water partition coefficient (Wildman–Crippen LogP) is 6.04. The first-order chi connectivity index (χ1) is 17.8. The molecule has 0 aliphatic carbocycles. The van der Waals surface area contributed by atoms with Gasteiger partial charge in [-0.2, -0.15) is 5.10 Å². The molecule has 1 aliphatic rings. The van der Waals surface area contributed by atoms with Crippen LogP contribution in [-0.4, -0.2) is 34.7 Å². The van der Waals surface area contributed by atoms with E-state index in [1.54, 1.807) is 22.9 Å². The molecule has 0 bridgehead atoms. The molecule has 3 aromatic carbocycles. The summed E-state index contributed by atoms with van der Waals surface area (Å²) in [6.45, 7) is 5.97. The quantitative estimate of drug-likeness (QED) is 0.240. The van der Waals surface area contributed by atoms with Crippen LogP contribution in [0.1, 0.15) is 45.7 Å². The number of rotatable bonds is 6. The Morgan fingerprint density at radius 3 is 2.54 bits per heavy atom. The lowest BCUT2D eigenvalue weighted by Crippen LogP contribution is -2.06.